The van der Waals surface area contributed by atoms with Crippen LogP contribution in [0, 0.1) is 0 Å². The molecule has 1 heterocycles. The lowest BCUT2D eigenvalue weighted by molar-refractivity contribution is 0.0709. The van der Waals surface area contributed by atoms with Crippen LogP contribution in [-0.2, 0) is 19.9 Å². The van der Waals surface area contributed by atoms with Crippen molar-refractivity contribution in [2.75, 3.05) is 14.1 Å². The van der Waals surface area contributed by atoms with Crippen LogP contribution in [0.5, 0.6) is 0 Å². The van der Waals surface area contributed by atoms with Crippen LogP contribution >= 0.6 is 11.6 Å². The quantitative estimate of drug-likeness (QED) is 0.909. The molecule has 1 aliphatic rings. The first-order valence-corrected chi connectivity index (χ1v) is 8.43. The molecule has 0 radical (unpaired) electrons. The Labute approximate surface area is 133 Å². The van der Waals surface area contributed by atoms with Gasteiger partial charge in [-0.05, 0) is 33.4 Å². The van der Waals surface area contributed by atoms with Gasteiger partial charge < -0.3 is 10.6 Å². The largest absolute Gasteiger partial charge is 0.326 e. The first-order chi connectivity index (χ1) is 9.92. The summed E-state index contributed by atoms with van der Waals surface area (Å²) < 4.78 is 1.91. The Kier molecular flexibility index (Phi) is 5.33. The Morgan fingerprint density at radius 2 is 1.95 bits per heavy atom. The van der Waals surface area contributed by atoms with Gasteiger partial charge in [0.25, 0.3) is 0 Å². The zero-order chi connectivity index (χ0) is 15.6. The number of hydrogen-bond acceptors (Lipinski definition) is 3. The summed E-state index contributed by atoms with van der Waals surface area (Å²) in [6.07, 6.45) is 7.88. The molecule has 1 aromatic heterocycles. The van der Waals surface area contributed by atoms with E-state index in [0.29, 0.717) is 0 Å². The van der Waals surface area contributed by atoms with Gasteiger partial charge >= 0.3 is 0 Å². The Hall–Kier alpha value is -0.580. The van der Waals surface area contributed by atoms with E-state index in [-0.39, 0.29) is 11.6 Å². The molecule has 1 aliphatic carbocycles. The van der Waals surface area contributed by atoms with Gasteiger partial charge in [-0.2, -0.15) is 5.10 Å². The topological polar surface area (TPSA) is 47.1 Å². The Bertz CT molecular complexity index is 475. The van der Waals surface area contributed by atoms with Gasteiger partial charge in [0.2, 0.25) is 0 Å². The van der Waals surface area contributed by atoms with Crippen molar-refractivity contribution < 1.29 is 0 Å². The number of aromatic nitrogens is 2. The number of halogens is 1. The zero-order valence-electron chi connectivity index (χ0n) is 13.8. The molecule has 0 spiro atoms. The number of hydrogen-bond donors (Lipinski definition) is 1. The van der Waals surface area contributed by atoms with E-state index in [9.17, 15) is 0 Å². The summed E-state index contributed by atoms with van der Waals surface area (Å²) in [4.78, 5) is 2.34. The highest BCUT2D eigenvalue weighted by molar-refractivity contribution is 6.31. The number of rotatable bonds is 5. The average molecular weight is 313 g/mol. The van der Waals surface area contributed by atoms with Crippen LogP contribution in [0.2, 0.25) is 5.02 Å². The highest BCUT2D eigenvalue weighted by Crippen LogP contribution is 2.36. The molecule has 1 atom stereocenters. The van der Waals surface area contributed by atoms with Crippen molar-refractivity contribution in [3.8, 4) is 0 Å². The smallest absolute Gasteiger partial charge is 0.0850 e. The number of nitrogens with zero attached hydrogens (tertiary/aromatic N) is 3. The Balaban J connectivity index is 2.23. The molecule has 1 aromatic rings. The molecule has 2 N–H and O–H groups in total. The maximum Gasteiger partial charge on any atom is 0.0850 e. The SMILES string of the molecule is CCc1nn(C)c(CC(N)C2(N(C)C)CCCCC2)c1Cl. The van der Waals surface area contributed by atoms with Gasteiger partial charge in [0.15, 0.2) is 0 Å². The fraction of sp³-hybridized carbons (Fsp3) is 0.812. The molecule has 4 nitrogen and oxygen atoms in total. The third-order valence-electron chi connectivity index (χ3n) is 5.22. The summed E-state index contributed by atoms with van der Waals surface area (Å²) in [6.45, 7) is 2.08. The maximum absolute atomic E-state index is 6.66. The highest BCUT2D eigenvalue weighted by Gasteiger charge is 2.40. The zero-order valence-corrected chi connectivity index (χ0v) is 14.6. The van der Waals surface area contributed by atoms with Crippen LogP contribution in [0.4, 0.5) is 0 Å². The van der Waals surface area contributed by atoms with Crippen molar-refractivity contribution in [1.29, 1.82) is 0 Å². The van der Waals surface area contributed by atoms with E-state index in [4.69, 9.17) is 17.3 Å². The summed E-state index contributed by atoms with van der Waals surface area (Å²) in [5.41, 5.74) is 8.81. The molecule has 0 aliphatic heterocycles. The van der Waals surface area contributed by atoms with Crippen molar-refractivity contribution in [3.05, 3.63) is 16.4 Å². The summed E-state index contributed by atoms with van der Waals surface area (Å²) in [6, 6.07) is 0.0883. The van der Waals surface area contributed by atoms with Crippen molar-refractivity contribution >= 4 is 11.6 Å². The van der Waals surface area contributed by atoms with Crippen LogP contribution < -0.4 is 5.73 Å². The number of likely N-dealkylation sites (N-methyl/N-ethyl adjacent to an activating group) is 1. The highest BCUT2D eigenvalue weighted by atomic mass is 35.5. The van der Waals surface area contributed by atoms with E-state index < -0.39 is 0 Å². The molecule has 21 heavy (non-hydrogen) atoms. The van der Waals surface area contributed by atoms with Crippen LogP contribution in [0.15, 0.2) is 0 Å². The molecule has 1 unspecified atom stereocenters. The van der Waals surface area contributed by atoms with E-state index in [1.54, 1.807) is 0 Å². The van der Waals surface area contributed by atoms with Gasteiger partial charge in [-0.1, -0.05) is 37.8 Å². The minimum Gasteiger partial charge on any atom is -0.326 e. The Morgan fingerprint density at radius 1 is 1.33 bits per heavy atom. The number of nitrogens with two attached hydrogens (primary N) is 1. The number of aryl methyl sites for hydroxylation is 2. The Morgan fingerprint density at radius 3 is 2.43 bits per heavy atom. The molecule has 2 rings (SSSR count). The monoisotopic (exact) mass is 312 g/mol. The van der Waals surface area contributed by atoms with E-state index in [0.717, 1.165) is 29.3 Å². The van der Waals surface area contributed by atoms with Gasteiger partial charge in [-0.25, -0.2) is 0 Å². The summed E-state index contributed by atoms with van der Waals surface area (Å²) in [7, 11) is 6.29. The normalized spacial score (nSPS) is 20.0. The summed E-state index contributed by atoms with van der Waals surface area (Å²) in [5.74, 6) is 0. The minimum atomic E-state index is 0.0883. The summed E-state index contributed by atoms with van der Waals surface area (Å²) >= 11 is 6.49. The second-order valence-corrected chi connectivity index (χ2v) is 6.93. The molecule has 5 heteroatoms. The van der Waals surface area contributed by atoms with Gasteiger partial charge in [0.05, 0.1) is 16.4 Å². The molecule has 1 saturated carbocycles. The third-order valence-corrected chi connectivity index (χ3v) is 5.65. The first kappa shape index (κ1) is 16.8. The van der Waals surface area contributed by atoms with E-state index in [2.05, 4.69) is 31.0 Å². The van der Waals surface area contributed by atoms with Gasteiger partial charge in [0, 0.05) is 25.0 Å². The molecule has 0 aromatic carbocycles. The molecule has 0 bridgehead atoms. The lowest BCUT2D eigenvalue weighted by Gasteiger charge is -2.47. The second-order valence-electron chi connectivity index (χ2n) is 6.55. The van der Waals surface area contributed by atoms with Crippen molar-refractivity contribution in [3.63, 3.8) is 0 Å². The fourth-order valence-corrected chi connectivity index (χ4v) is 4.12. The lowest BCUT2D eigenvalue weighted by atomic mass is 9.74. The van der Waals surface area contributed by atoms with Gasteiger partial charge in [-0.15, -0.1) is 0 Å². The molecular formula is C16H29ClN4. The molecular weight excluding hydrogens is 284 g/mol. The molecule has 0 amide bonds. The van der Waals surface area contributed by atoms with Crippen LogP contribution in [0.1, 0.15) is 50.4 Å². The van der Waals surface area contributed by atoms with Gasteiger partial charge in [0.1, 0.15) is 0 Å². The summed E-state index contributed by atoms with van der Waals surface area (Å²) in [5, 5.41) is 5.32. The van der Waals surface area contributed by atoms with E-state index >= 15 is 0 Å². The molecule has 1 fully saturated rings. The van der Waals surface area contributed by atoms with E-state index in [1.807, 2.05) is 11.7 Å². The first-order valence-electron chi connectivity index (χ1n) is 8.05. The predicted octanol–water partition coefficient (Wildman–Crippen LogP) is 2.77. The van der Waals surface area contributed by atoms with Crippen LogP contribution in [-0.4, -0.2) is 40.4 Å². The van der Waals surface area contributed by atoms with Crippen molar-refractivity contribution in [2.45, 2.75) is 63.5 Å². The maximum atomic E-state index is 6.66. The minimum absolute atomic E-state index is 0.0883. The van der Waals surface area contributed by atoms with Crippen LogP contribution in [0.3, 0.4) is 0 Å². The van der Waals surface area contributed by atoms with Gasteiger partial charge in [-0.3, -0.25) is 4.68 Å². The van der Waals surface area contributed by atoms with E-state index in [1.165, 1.54) is 32.1 Å². The lowest BCUT2D eigenvalue weighted by Crippen LogP contribution is -2.59. The van der Waals surface area contributed by atoms with Crippen LogP contribution in [0.25, 0.3) is 0 Å². The standard InChI is InChI=1S/C16H29ClN4/c1-5-12-15(17)13(21(4)19-12)11-14(18)16(20(2)3)9-7-6-8-10-16/h14H,5-11,18H2,1-4H3. The van der Waals surface area contributed by atoms with Crippen molar-refractivity contribution in [1.82, 2.24) is 14.7 Å². The molecule has 120 valence electrons. The average Bonchev–Trinajstić information content (AvgIpc) is 2.75. The van der Waals surface area contributed by atoms with Crippen molar-refractivity contribution in [2.24, 2.45) is 12.8 Å². The fourth-order valence-electron chi connectivity index (χ4n) is 3.75. The predicted molar refractivity (Wildman–Crippen MR) is 88.8 cm³/mol. The second kappa shape index (κ2) is 6.67. The third kappa shape index (κ3) is 3.13. The molecule has 0 saturated heterocycles.